The molecular weight excluding hydrogens is 348 g/mol. The fourth-order valence-electron chi connectivity index (χ4n) is 1.89. The van der Waals surface area contributed by atoms with Crippen LogP contribution < -0.4 is 0 Å². The molecule has 23 heavy (non-hydrogen) atoms. The van der Waals surface area contributed by atoms with Gasteiger partial charge in [0.2, 0.25) is 9.84 Å². The molecule has 0 amide bonds. The molecule has 0 aliphatic rings. The number of halogens is 1. The molecule has 2 aromatic carbocycles. The van der Waals surface area contributed by atoms with Crippen molar-refractivity contribution in [1.82, 2.24) is 0 Å². The molecule has 0 atom stereocenters. The van der Waals surface area contributed by atoms with E-state index in [9.17, 15) is 28.6 Å². The van der Waals surface area contributed by atoms with E-state index in [-0.39, 0.29) is 20.5 Å². The lowest BCUT2D eigenvalue weighted by Crippen LogP contribution is -2.04. The molecule has 0 radical (unpaired) electrons. The zero-order chi connectivity index (χ0) is 17.4. The standard InChI is InChI=1S/C13H9ClN2O6S/c1-8-2-3-9(6-12(8)15(17)18)23(21,22)10-4-5-11(14)13(7-10)16(19)20/h2-7H,1H3. The Morgan fingerprint density at radius 3 is 1.91 bits per heavy atom. The predicted octanol–water partition coefficient (Wildman–Crippen LogP) is 3.30. The Kier molecular flexibility index (Phi) is 4.35. The van der Waals surface area contributed by atoms with Gasteiger partial charge >= 0.3 is 0 Å². The summed E-state index contributed by atoms with van der Waals surface area (Å²) in [6.07, 6.45) is 0. The second kappa shape index (κ2) is 5.94. The van der Waals surface area contributed by atoms with Gasteiger partial charge in [-0.3, -0.25) is 20.2 Å². The first-order chi connectivity index (χ1) is 10.6. The van der Waals surface area contributed by atoms with E-state index in [1.165, 1.54) is 19.1 Å². The van der Waals surface area contributed by atoms with E-state index in [4.69, 9.17) is 11.6 Å². The minimum atomic E-state index is -4.15. The highest BCUT2D eigenvalue weighted by atomic mass is 35.5. The molecule has 2 rings (SSSR count). The summed E-state index contributed by atoms with van der Waals surface area (Å²) in [5.41, 5.74) is -0.611. The average molecular weight is 357 g/mol. The maximum absolute atomic E-state index is 12.5. The Morgan fingerprint density at radius 2 is 1.39 bits per heavy atom. The second-order valence-corrected chi connectivity index (χ2v) is 6.94. The average Bonchev–Trinajstić information content (AvgIpc) is 2.47. The van der Waals surface area contributed by atoms with Crippen LogP contribution in [0.2, 0.25) is 5.02 Å². The Balaban J connectivity index is 2.64. The summed E-state index contributed by atoms with van der Waals surface area (Å²) in [6.45, 7) is 1.47. The molecule has 0 N–H and O–H groups in total. The number of hydrogen-bond donors (Lipinski definition) is 0. The first-order valence-corrected chi connectivity index (χ1v) is 7.95. The summed E-state index contributed by atoms with van der Waals surface area (Å²) in [7, 11) is -4.15. The summed E-state index contributed by atoms with van der Waals surface area (Å²) in [5.74, 6) is 0. The Bertz CT molecular complexity index is 857. The van der Waals surface area contributed by atoms with Crippen LogP contribution in [-0.4, -0.2) is 18.3 Å². The van der Waals surface area contributed by atoms with Gasteiger partial charge in [-0.25, -0.2) is 8.42 Å². The highest BCUT2D eigenvalue weighted by Crippen LogP contribution is 2.31. The maximum atomic E-state index is 12.5. The van der Waals surface area contributed by atoms with Crippen LogP contribution in [0.4, 0.5) is 11.4 Å². The molecule has 10 heteroatoms. The number of nitrogens with zero attached hydrogens (tertiary/aromatic N) is 2. The van der Waals surface area contributed by atoms with Crippen LogP contribution in [0.3, 0.4) is 0 Å². The van der Waals surface area contributed by atoms with Crippen molar-refractivity contribution < 1.29 is 18.3 Å². The summed E-state index contributed by atoms with van der Waals surface area (Å²) < 4.78 is 25.0. The van der Waals surface area contributed by atoms with E-state index in [1.807, 2.05) is 0 Å². The van der Waals surface area contributed by atoms with Crippen LogP contribution in [0.25, 0.3) is 0 Å². The second-order valence-electron chi connectivity index (χ2n) is 4.58. The van der Waals surface area contributed by atoms with Gasteiger partial charge in [-0.2, -0.15) is 0 Å². The summed E-state index contributed by atoms with van der Waals surface area (Å²) in [5, 5.41) is 21.6. The first-order valence-electron chi connectivity index (χ1n) is 6.08. The largest absolute Gasteiger partial charge is 0.289 e. The van der Waals surface area contributed by atoms with Crippen LogP contribution in [0.5, 0.6) is 0 Å². The molecule has 0 unspecified atom stereocenters. The summed E-state index contributed by atoms with van der Waals surface area (Å²) >= 11 is 5.65. The molecule has 120 valence electrons. The third-order valence-electron chi connectivity index (χ3n) is 3.11. The molecule has 0 heterocycles. The van der Waals surface area contributed by atoms with Crippen LogP contribution in [-0.2, 0) is 9.84 Å². The first kappa shape index (κ1) is 16.8. The predicted molar refractivity (Wildman–Crippen MR) is 81.4 cm³/mol. The molecule has 0 saturated carbocycles. The van der Waals surface area contributed by atoms with E-state index in [0.29, 0.717) is 5.56 Å². The molecule has 0 spiro atoms. The molecule has 0 saturated heterocycles. The zero-order valence-corrected chi connectivity index (χ0v) is 13.2. The Morgan fingerprint density at radius 1 is 0.913 bits per heavy atom. The van der Waals surface area contributed by atoms with E-state index in [2.05, 4.69) is 0 Å². The number of hydrogen-bond acceptors (Lipinski definition) is 6. The smallest absolute Gasteiger partial charge is 0.258 e. The van der Waals surface area contributed by atoms with Crippen LogP contribution in [0.15, 0.2) is 46.2 Å². The Labute approximate surface area is 135 Å². The van der Waals surface area contributed by atoms with Crippen LogP contribution >= 0.6 is 11.6 Å². The van der Waals surface area contributed by atoms with Gasteiger partial charge in [0, 0.05) is 17.7 Å². The monoisotopic (exact) mass is 356 g/mol. The Hall–Kier alpha value is -2.52. The molecule has 2 aromatic rings. The normalized spacial score (nSPS) is 11.2. The molecular formula is C13H9ClN2O6S. The number of sulfone groups is 1. The minimum absolute atomic E-state index is 0.205. The van der Waals surface area contributed by atoms with E-state index < -0.39 is 25.4 Å². The van der Waals surface area contributed by atoms with E-state index in [0.717, 1.165) is 24.3 Å². The number of rotatable bonds is 4. The zero-order valence-electron chi connectivity index (χ0n) is 11.6. The van der Waals surface area contributed by atoms with Gasteiger partial charge in [-0.15, -0.1) is 0 Å². The van der Waals surface area contributed by atoms with Crippen molar-refractivity contribution in [1.29, 1.82) is 0 Å². The molecule has 0 aromatic heterocycles. The lowest BCUT2D eigenvalue weighted by atomic mass is 10.2. The highest BCUT2D eigenvalue weighted by Gasteiger charge is 2.25. The number of nitro groups is 2. The fourth-order valence-corrected chi connectivity index (χ4v) is 3.38. The summed E-state index contributed by atoms with van der Waals surface area (Å²) in [4.78, 5) is 19.6. The molecule has 0 fully saturated rings. The molecule has 8 nitrogen and oxygen atoms in total. The highest BCUT2D eigenvalue weighted by molar-refractivity contribution is 7.91. The van der Waals surface area contributed by atoms with Crippen molar-refractivity contribution in [2.24, 2.45) is 0 Å². The van der Waals surface area contributed by atoms with Gasteiger partial charge in [-0.05, 0) is 25.1 Å². The lowest BCUT2D eigenvalue weighted by molar-refractivity contribution is -0.385. The third kappa shape index (κ3) is 3.15. The fraction of sp³-hybridized carbons (Fsp3) is 0.0769. The quantitative estimate of drug-likeness (QED) is 0.612. The molecule has 0 aliphatic heterocycles. The maximum Gasteiger partial charge on any atom is 0.289 e. The minimum Gasteiger partial charge on any atom is -0.258 e. The van der Waals surface area contributed by atoms with E-state index in [1.54, 1.807) is 0 Å². The SMILES string of the molecule is Cc1ccc(S(=O)(=O)c2ccc(Cl)c([N+](=O)[O-])c2)cc1[N+](=O)[O-]. The van der Waals surface area contributed by atoms with Gasteiger partial charge in [0.25, 0.3) is 11.4 Å². The molecule has 0 bridgehead atoms. The van der Waals surface area contributed by atoms with Gasteiger partial charge in [0.1, 0.15) is 5.02 Å². The van der Waals surface area contributed by atoms with Gasteiger partial charge in [0.15, 0.2) is 0 Å². The van der Waals surface area contributed by atoms with Crippen molar-refractivity contribution in [3.63, 3.8) is 0 Å². The van der Waals surface area contributed by atoms with Crippen LogP contribution in [0.1, 0.15) is 5.56 Å². The van der Waals surface area contributed by atoms with Crippen molar-refractivity contribution in [2.75, 3.05) is 0 Å². The summed E-state index contributed by atoms with van der Waals surface area (Å²) in [6, 6.07) is 6.45. The van der Waals surface area contributed by atoms with Crippen molar-refractivity contribution >= 4 is 32.8 Å². The van der Waals surface area contributed by atoms with Gasteiger partial charge in [-0.1, -0.05) is 17.7 Å². The number of aryl methyl sites for hydroxylation is 1. The van der Waals surface area contributed by atoms with Crippen molar-refractivity contribution in [2.45, 2.75) is 16.7 Å². The van der Waals surface area contributed by atoms with E-state index >= 15 is 0 Å². The molecule has 0 aliphatic carbocycles. The lowest BCUT2D eigenvalue weighted by Gasteiger charge is -2.06. The van der Waals surface area contributed by atoms with Gasteiger partial charge < -0.3 is 0 Å². The van der Waals surface area contributed by atoms with Crippen molar-refractivity contribution in [3.05, 3.63) is 67.2 Å². The third-order valence-corrected chi connectivity index (χ3v) is 5.18. The van der Waals surface area contributed by atoms with Crippen molar-refractivity contribution in [3.8, 4) is 0 Å². The van der Waals surface area contributed by atoms with Crippen LogP contribution in [0, 0.1) is 27.2 Å². The number of benzene rings is 2. The van der Waals surface area contributed by atoms with Gasteiger partial charge in [0.05, 0.1) is 19.6 Å². The number of nitro benzene ring substituents is 2. The topological polar surface area (TPSA) is 120 Å².